The first-order valence-electron chi connectivity index (χ1n) is 7.01. The Kier molecular flexibility index (Phi) is 3.85. The number of amides is 1. The van der Waals surface area contributed by atoms with Gasteiger partial charge in [0.05, 0.1) is 23.7 Å². The molecule has 2 fully saturated rings. The summed E-state index contributed by atoms with van der Waals surface area (Å²) in [6, 6.07) is 0.0662. The van der Waals surface area contributed by atoms with Crippen LogP contribution in [0, 0.1) is 11.3 Å². The van der Waals surface area contributed by atoms with Crippen molar-refractivity contribution in [1.29, 1.82) is 0 Å². The van der Waals surface area contributed by atoms with Crippen LogP contribution in [-0.4, -0.2) is 35.2 Å². The molecule has 0 aromatic carbocycles. The molecule has 108 valence electrons. The number of fused-ring (bicyclic) bond motifs is 2. The van der Waals surface area contributed by atoms with E-state index < -0.39 is 11.4 Å². The van der Waals surface area contributed by atoms with Gasteiger partial charge in [-0.05, 0) is 32.1 Å². The maximum atomic E-state index is 12.1. The highest BCUT2D eigenvalue weighted by molar-refractivity contribution is 5.85. The van der Waals surface area contributed by atoms with E-state index in [1.54, 1.807) is 6.92 Å². The molecule has 0 aromatic rings. The van der Waals surface area contributed by atoms with Crippen molar-refractivity contribution in [3.05, 3.63) is 0 Å². The van der Waals surface area contributed by atoms with Gasteiger partial charge in [-0.15, -0.1) is 0 Å². The fourth-order valence-electron chi connectivity index (χ4n) is 2.91. The fraction of sp³-hybridized carbons (Fsp3) is 0.857. The fourth-order valence-corrected chi connectivity index (χ4v) is 2.91. The molecule has 4 atom stereocenters. The van der Waals surface area contributed by atoms with Crippen molar-refractivity contribution in [2.45, 2.75) is 64.7 Å². The number of nitrogens with one attached hydrogen (secondary N) is 1. The highest BCUT2D eigenvalue weighted by Crippen LogP contribution is 2.35. The van der Waals surface area contributed by atoms with Crippen LogP contribution in [0.3, 0.4) is 0 Å². The van der Waals surface area contributed by atoms with Crippen LogP contribution in [0.4, 0.5) is 0 Å². The molecule has 2 aliphatic heterocycles. The molecule has 2 saturated heterocycles. The summed E-state index contributed by atoms with van der Waals surface area (Å²) in [5.74, 6) is -1.19. The lowest BCUT2D eigenvalue weighted by atomic mass is 9.76. The number of rotatable bonds is 5. The van der Waals surface area contributed by atoms with Gasteiger partial charge in [-0.1, -0.05) is 13.8 Å². The minimum atomic E-state index is -1.01. The van der Waals surface area contributed by atoms with Crippen molar-refractivity contribution in [3.8, 4) is 0 Å². The zero-order valence-electron chi connectivity index (χ0n) is 11.8. The standard InChI is InChI=1S/C14H23NO4/c1-8(2)14(3,13(17)18)7-12(16)15-10-6-9-4-5-11(10)19-9/h8-11H,4-7H2,1-3H3,(H,15,16)(H,17,18). The SMILES string of the molecule is CC(C)C(C)(CC(=O)NC1CC2CCC1O2)C(=O)O. The molecule has 0 radical (unpaired) electrons. The maximum absolute atomic E-state index is 12.1. The zero-order chi connectivity index (χ0) is 14.2. The van der Waals surface area contributed by atoms with E-state index in [1.165, 1.54) is 0 Å². The summed E-state index contributed by atoms with van der Waals surface area (Å²) >= 11 is 0. The quantitative estimate of drug-likeness (QED) is 0.794. The first kappa shape index (κ1) is 14.3. The van der Waals surface area contributed by atoms with Gasteiger partial charge in [0.2, 0.25) is 5.91 Å². The summed E-state index contributed by atoms with van der Waals surface area (Å²) in [5, 5.41) is 12.3. The van der Waals surface area contributed by atoms with Crippen LogP contribution < -0.4 is 5.32 Å². The van der Waals surface area contributed by atoms with Gasteiger partial charge in [-0.3, -0.25) is 9.59 Å². The predicted octanol–water partition coefficient (Wildman–Crippen LogP) is 1.56. The van der Waals surface area contributed by atoms with E-state index in [4.69, 9.17) is 4.74 Å². The Bertz CT molecular complexity index is 382. The molecule has 0 aromatic heterocycles. The van der Waals surface area contributed by atoms with Crippen LogP contribution in [0.15, 0.2) is 0 Å². The van der Waals surface area contributed by atoms with Gasteiger partial charge in [0.15, 0.2) is 0 Å². The van der Waals surface area contributed by atoms with Gasteiger partial charge in [0.25, 0.3) is 0 Å². The van der Waals surface area contributed by atoms with Crippen LogP contribution >= 0.6 is 0 Å². The second-order valence-corrected chi connectivity index (χ2v) is 6.34. The zero-order valence-corrected chi connectivity index (χ0v) is 11.8. The molecule has 0 saturated carbocycles. The number of carbonyl (C=O) groups is 2. The molecule has 4 unspecified atom stereocenters. The molecule has 2 heterocycles. The Labute approximate surface area is 113 Å². The normalized spacial score (nSPS) is 32.3. The second-order valence-electron chi connectivity index (χ2n) is 6.34. The van der Waals surface area contributed by atoms with Crippen LogP contribution in [-0.2, 0) is 14.3 Å². The predicted molar refractivity (Wildman–Crippen MR) is 69.6 cm³/mol. The van der Waals surface area contributed by atoms with Gasteiger partial charge < -0.3 is 15.2 Å². The van der Waals surface area contributed by atoms with E-state index >= 15 is 0 Å². The smallest absolute Gasteiger partial charge is 0.310 e. The Hall–Kier alpha value is -1.10. The summed E-state index contributed by atoms with van der Waals surface area (Å²) in [5.41, 5.74) is -1.01. The number of carbonyl (C=O) groups excluding carboxylic acids is 1. The topological polar surface area (TPSA) is 75.6 Å². The van der Waals surface area contributed by atoms with Crippen LogP contribution in [0.5, 0.6) is 0 Å². The number of hydrogen-bond donors (Lipinski definition) is 2. The van der Waals surface area contributed by atoms with E-state index in [1.807, 2.05) is 13.8 Å². The Morgan fingerprint density at radius 1 is 1.42 bits per heavy atom. The molecule has 0 spiro atoms. The van der Waals surface area contributed by atoms with Gasteiger partial charge in [0.1, 0.15) is 0 Å². The highest BCUT2D eigenvalue weighted by atomic mass is 16.5. The molecule has 2 aliphatic rings. The monoisotopic (exact) mass is 269 g/mol. The molecule has 19 heavy (non-hydrogen) atoms. The van der Waals surface area contributed by atoms with E-state index in [-0.39, 0.29) is 36.5 Å². The average Bonchev–Trinajstić information content (AvgIpc) is 2.89. The van der Waals surface area contributed by atoms with E-state index in [9.17, 15) is 14.7 Å². The van der Waals surface area contributed by atoms with E-state index in [0.717, 1.165) is 19.3 Å². The lowest BCUT2D eigenvalue weighted by Gasteiger charge is -2.29. The Balaban J connectivity index is 1.92. The molecule has 1 amide bonds. The Morgan fingerprint density at radius 2 is 2.11 bits per heavy atom. The molecule has 0 aliphatic carbocycles. The molecule has 5 heteroatoms. The number of hydrogen-bond acceptors (Lipinski definition) is 3. The second kappa shape index (κ2) is 5.12. The van der Waals surface area contributed by atoms with Gasteiger partial charge >= 0.3 is 5.97 Å². The van der Waals surface area contributed by atoms with Crippen molar-refractivity contribution in [2.24, 2.45) is 11.3 Å². The minimum absolute atomic E-state index is 0.0217. The highest BCUT2D eigenvalue weighted by Gasteiger charge is 2.43. The average molecular weight is 269 g/mol. The van der Waals surface area contributed by atoms with E-state index in [0.29, 0.717) is 0 Å². The molecule has 2 rings (SSSR count). The lowest BCUT2D eigenvalue weighted by molar-refractivity contribution is -0.153. The number of ether oxygens (including phenoxy) is 1. The van der Waals surface area contributed by atoms with Crippen molar-refractivity contribution in [3.63, 3.8) is 0 Å². The first-order chi connectivity index (χ1) is 8.83. The summed E-state index contributed by atoms with van der Waals surface area (Å²) in [4.78, 5) is 23.4. The van der Waals surface area contributed by atoms with Crippen molar-refractivity contribution in [1.82, 2.24) is 5.32 Å². The van der Waals surface area contributed by atoms with Crippen LogP contribution in [0.1, 0.15) is 46.5 Å². The Morgan fingerprint density at radius 3 is 2.53 bits per heavy atom. The molecular weight excluding hydrogens is 246 g/mol. The molecule has 5 nitrogen and oxygen atoms in total. The number of carboxylic acid groups (broad SMARTS) is 1. The summed E-state index contributed by atoms with van der Waals surface area (Å²) in [6.45, 7) is 5.31. The number of carboxylic acids is 1. The van der Waals surface area contributed by atoms with Crippen molar-refractivity contribution >= 4 is 11.9 Å². The van der Waals surface area contributed by atoms with Gasteiger partial charge in [-0.2, -0.15) is 0 Å². The summed E-state index contributed by atoms with van der Waals surface area (Å²) in [7, 11) is 0. The molecule has 2 N–H and O–H groups in total. The third-order valence-corrected chi connectivity index (χ3v) is 4.74. The maximum Gasteiger partial charge on any atom is 0.310 e. The van der Waals surface area contributed by atoms with Crippen molar-refractivity contribution in [2.75, 3.05) is 0 Å². The molecular formula is C14H23NO4. The van der Waals surface area contributed by atoms with Gasteiger partial charge in [-0.25, -0.2) is 0 Å². The lowest BCUT2D eigenvalue weighted by Crippen LogP contribution is -2.45. The minimum Gasteiger partial charge on any atom is -0.481 e. The summed E-state index contributed by atoms with van der Waals surface area (Å²) in [6.07, 6.45) is 3.37. The van der Waals surface area contributed by atoms with Gasteiger partial charge in [0, 0.05) is 6.42 Å². The summed E-state index contributed by atoms with van der Waals surface area (Å²) < 4.78 is 5.68. The van der Waals surface area contributed by atoms with Crippen LogP contribution in [0.25, 0.3) is 0 Å². The largest absolute Gasteiger partial charge is 0.481 e. The van der Waals surface area contributed by atoms with Crippen molar-refractivity contribution < 1.29 is 19.4 Å². The van der Waals surface area contributed by atoms with Crippen LogP contribution in [0.2, 0.25) is 0 Å². The first-order valence-corrected chi connectivity index (χ1v) is 7.01. The third-order valence-electron chi connectivity index (χ3n) is 4.74. The van der Waals surface area contributed by atoms with E-state index in [2.05, 4.69) is 5.32 Å². The molecule has 2 bridgehead atoms. The number of aliphatic carboxylic acids is 1. The third kappa shape index (κ3) is 2.76.